The first-order valence-corrected chi connectivity index (χ1v) is 9.22. The topological polar surface area (TPSA) is 79.1 Å². The van der Waals surface area contributed by atoms with Crippen LogP contribution < -0.4 is 4.90 Å². The van der Waals surface area contributed by atoms with Crippen LogP contribution in [0.3, 0.4) is 0 Å². The van der Waals surface area contributed by atoms with E-state index >= 15 is 0 Å². The largest absolute Gasteiger partial charge is 0.460 e. The summed E-state index contributed by atoms with van der Waals surface area (Å²) >= 11 is 0. The Labute approximate surface area is 159 Å². The fraction of sp³-hybridized carbons (Fsp3) is 0.429. The van der Waals surface area contributed by atoms with Gasteiger partial charge in [0.15, 0.2) is 11.7 Å². The van der Waals surface area contributed by atoms with Crippen molar-refractivity contribution in [1.82, 2.24) is 9.97 Å². The molecule has 140 valence electrons. The molecule has 1 aliphatic heterocycles. The fourth-order valence-corrected chi connectivity index (χ4v) is 3.72. The first-order chi connectivity index (χ1) is 13.0. The van der Waals surface area contributed by atoms with Gasteiger partial charge >= 0.3 is 5.97 Å². The lowest BCUT2D eigenvalue weighted by atomic mass is 9.91. The van der Waals surface area contributed by atoms with Crippen LogP contribution >= 0.6 is 0 Å². The van der Waals surface area contributed by atoms with E-state index in [9.17, 15) is 10.1 Å². The quantitative estimate of drug-likeness (QED) is 0.597. The molecule has 0 unspecified atom stereocenters. The van der Waals surface area contributed by atoms with E-state index in [2.05, 4.69) is 36.4 Å². The molecule has 1 aromatic carbocycles. The maximum absolute atomic E-state index is 12.5. The lowest BCUT2D eigenvalue weighted by Gasteiger charge is -2.36. The molecule has 3 rings (SSSR count). The number of ether oxygens (including phenoxy) is 1. The molecular formula is C21H24N4O2. The number of anilines is 1. The van der Waals surface area contributed by atoms with Crippen LogP contribution in [0.15, 0.2) is 36.9 Å². The van der Waals surface area contributed by atoms with Gasteiger partial charge < -0.3 is 9.64 Å². The maximum atomic E-state index is 12.5. The zero-order valence-electron chi connectivity index (χ0n) is 15.8. The number of piperidine rings is 1. The second-order valence-electron chi connectivity index (χ2n) is 7.25. The molecular weight excluding hydrogens is 340 g/mol. The number of fused-ring (bicyclic) bond motifs is 1. The molecule has 27 heavy (non-hydrogen) atoms. The Morgan fingerprint density at radius 1 is 1.33 bits per heavy atom. The van der Waals surface area contributed by atoms with Crippen molar-refractivity contribution < 1.29 is 9.53 Å². The van der Waals surface area contributed by atoms with Crippen molar-refractivity contribution in [2.75, 3.05) is 24.6 Å². The van der Waals surface area contributed by atoms with Crippen LogP contribution in [-0.4, -0.2) is 35.6 Å². The Balaban J connectivity index is 2.09. The van der Waals surface area contributed by atoms with E-state index in [4.69, 9.17) is 9.72 Å². The van der Waals surface area contributed by atoms with E-state index in [0.29, 0.717) is 28.9 Å². The van der Waals surface area contributed by atoms with Crippen LogP contribution in [-0.2, 0) is 9.53 Å². The molecule has 3 atom stereocenters. The zero-order chi connectivity index (χ0) is 19.4. The summed E-state index contributed by atoms with van der Waals surface area (Å²) < 4.78 is 5.13. The number of benzene rings is 1. The molecule has 0 amide bonds. The third-order valence-corrected chi connectivity index (χ3v) is 4.73. The van der Waals surface area contributed by atoms with Crippen LogP contribution in [0, 0.1) is 23.2 Å². The highest BCUT2D eigenvalue weighted by Crippen LogP contribution is 2.32. The predicted molar refractivity (Wildman–Crippen MR) is 104 cm³/mol. The fourth-order valence-electron chi connectivity index (χ4n) is 3.72. The van der Waals surface area contributed by atoms with E-state index in [1.807, 2.05) is 24.3 Å². The summed E-state index contributed by atoms with van der Waals surface area (Å²) in [6.45, 7) is 9.66. The van der Waals surface area contributed by atoms with Crippen molar-refractivity contribution >= 4 is 22.8 Å². The SMILES string of the molecule is C=CCOC(=O)[C@H](C#N)c1nc2ccccc2nc1N1C[C@H](C)C[C@@H](C)C1. The van der Waals surface area contributed by atoms with Gasteiger partial charge in [-0.15, -0.1) is 0 Å². The van der Waals surface area contributed by atoms with E-state index in [0.717, 1.165) is 25.0 Å². The number of nitriles is 1. The van der Waals surface area contributed by atoms with Gasteiger partial charge in [-0.1, -0.05) is 38.6 Å². The van der Waals surface area contributed by atoms with Gasteiger partial charge in [-0.2, -0.15) is 5.26 Å². The molecule has 0 aliphatic carbocycles. The van der Waals surface area contributed by atoms with Gasteiger partial charge in [0.05, 0.1) is 17.1 Å². The molecule has 0 N–H and O–H groups in total. The number of aromatic nitrogens is 2. The summed E-state index contributed by atoms with van der Waals surface area (Å²) in [6.07, 6.45) is 2.63. The van der Waals surface area contributed by atoms with Crippen LogP contribution in [0.25, 0.3) is 11.0 Å². The van der Waals surface area contributed by atoms with Crippen LogP contribution in [0.2, 0.25) is 0 Å². The smallest absolute Gasteiger partial charge is 0.330 e. The average molecular weight is 364 g/mol. The third kappa shape index (κ3) is 4.08. The lowest BCUT2D eigenvalue weighted by Crippen LogP contribution is -2.40. The number of hydrogen-bond donors (Lipinski definition) is 0. The molecule has 1 aromatic heterocycles. The summed E-state index contributed by atoms with van der Waals surface area (Å²) in [5, 5.41) is 9.69. The van der Waals surface area contributed by atoms with Crippen molar-refractivity contribution in [3.63, 3.8) is 0 Å². The standard InChI is InChI=1S/C21H24N4O2/c1-4-9-27-21(26)16(11-22)19-20(25-12-14(2)10-15(3)13-25)24-18-8-6-5-7-17(18)23-19/h4-8,14-16H,1,9-10,12-13H2,2-3H3/t14-,15-,16-/m1/s1. The number of carbonyl (C=O) groups excluding carboxylic acids is 1. The minimum absolute atomic E-state index is 0.0607. The predicted octanol–water partition coefficient (Wildman–Crippen LogP) is 3.45. The molecule has 0 bridgehead atoms. The molecule has 0 spiro atoms. The highest BCUT2D eigenvalue weighted by Gasteiger charge is 2.32. The monoisotopic (exact) mass is 364 g/mol. The van der Waals surface area contributed by atoms with Gasteiger partial charge in [-0.05, 0) is 30.4 Å². The Morgan fingerprint density at radius 3 is 2.56 bits per heavy atom. The van der Waals surface area contributed by atoms with Gasteiger partial charge in [0.2, 0.25) is 0 Å². The number of para-hydroxylation sites is 2. The first kappa shape index (κ1) is 18.8. The summed E-state index contributed by atoms with van der Waals surface area (Å²) in [5.74, 6) is -0.133. The van der Waals surface area contributed by atoms with Crippen LogP contribution in [0.1, 0.15) is 31.9 Å². The molecule has 2 heterocycles. The second-order valence-corrected chi connectivity index (χ2v) is 7.25. The highest BCUT2D eigenvalue weighted by atomic mass is 16.5. The normalized spacial score (nSPS) is 20.7. The number of rotatable bonds is 5. The molecule has 0 saturated carbocycles. The van der Waals surface area contributed by atoms with Crippen LogP contribution in [0.4, 0.5) is 5.82 Å². The Bertz CT molecular complexity index is 879. The summed E-state index contributed by atoms with van der Waals surface area (Å²) in [5.41, 5.74) is 1.77. The number of hydrogen-bond acceptors (Lipinski definition) is 6. The Kier molecular flexibility index (Phi) is 5.70. The number of esters is 1. The van der Waals surface area contributed by atoms with Gasteiger partial charge in [-0.3, -0.25) is 4.79 Å². The average Bonchev–Trinajstić information content (AvgIpc) is 2.65. The van der Waals surface area contributed by atoms with Gasteiger partial charge in [0.1, 0.15) is 12.3 Å². The van der Waals surface area contributed by atoms with E-state index in [1.54, 1.807) is 0 Å². The third-order valence-electron chi connectivity index (χ3n) is 4.73. The minimum Gasteiger partial charge on any atom is -0.460 e. The minimum atomic E-state index is -1.12. The van der Waals surface area contributed by atoms with Crippen molar-refractivity contribution in [3.8, 4) is 6.07 Å². The molecule has 1 fully saturated rings. The Morgan fingerprint density at radius 2 is 1.96 bits per heavy atom. The van der Waals surface area contributed by atoms with Gasteiger partial charge in [-0.25, -0.2) is 9.97 Å². The lowest BCUT2D eigenvalue weighted by molar-refractivity contribution is -0.142. The number of carbonyl (C=O) groups is 1. The number of nitrogens with zero attached hydrogens (tertiary/aromatic N) is 4. The molecule has 1 aliphatic rings. The molecule has 2 aromatic rings. The second kappa shape index (κ2) is 8.17. The van der Waals surface area contributed by atoms with E-state index in [1.165, 1.54) is 6.08 Å². The van der Waals surface area contributed by atoms with Gasteiger partial charge in [0, 0.05) is 13.1 Å². The van der Waals surface area contributed by atoms with Crippen molar-refractivity contribution in [1.29, 1.82) is 5.26 Å². The Hall–Kier alpha value is -2.94. The summed E-state index contributed by atoms with van der Waals surface area (Å²) in [4.78, 5) is 24.0. The molecule has 6 nitrogen and oxygen atoms in total. The highest BCUT2D eigenvalue weighted by molar-refractivity contribution is 5.85. The summed E-state index contributed by atoms with van der Waals surface area (Å²) in [6, 6.07) is 9.55. The molecule has 6 heteroatoms. The van der Waals surface area contributed by atoms with Crippen molar-refractivity contribution in [2.45, 2.75) is 26.2 Å². The molecule has 1 saturated heterocycles. The maximum Gasteiger partial charge on any atom is 0.330 e. The van der Waals surface area contributed by atoms with Crippen LogP contribution in [0.5, 0.6) is 0 Å². The zero-order valence-corrected chi connectivity index (χ0v) is 15.8. The van der Waals surface area contributed by atoms with E-state index in [-0.39, 0.29) is 6.61 Å². The summed E-state index contributed by atoms with van der Waals surface area (Å²) in [7, 11) is 0. The van der Waals surface area contributed by atoms with Gasteiger partial charge in [0.25, 0.3) is 0 Å². The van der Waals surface area contributed by atoms with E-state index < -0.39 is 11.9 Å². The van der Waals surface area contributed by atoms with Crippen molar-refractivity contribution in [3.05, 3.63) is 42.6 Å². The first-order valence-electron chi connectivity index (χ1n) is 9.22. The van der Waals surface area contributed by atoms with Crippen molar-refractivity contribution in [2.24, 2.45) is 11.8 Å². The molecule has 0 radical (unpaired) electrons.